The molecule has 3 rings (SSSR count). The van der Waals surface area contributed by atoms with Gasteiger partial charge in [0.15, 0.2) is 5.69 Å². The van der Waals surface area contributed by atoms with Gasteiger partial charge in [0.2, 0.25) is 0 Å². The molecule has 0 spiro atoms. The van der Waals surface area contributed by atoms with Gasteiger partial charge in [0.1, 0.15) is 6.07 Å². The molecule has 0 aliphatic heterocycles. The van der Waals surface area contributed by atoms with E-state index in [9.17, 15) is 4.79 Å². The van der Waals surface area contributed by atoms with Crippen molar-refractivity contribution in [3.8, 4) is 11.8 Å². The highest BCUT2D eigenvalue weighted by atomic mass is 35.5. The van der Waals surface area contributed by atoms with Gasteiger partial charge in [-0.2, -0.15) is 10.4 Å². The van der Waals surface area contributed by atoms with Crippen LogP contribution in [0.1, 0.15) is 16.1 Å². The summed E-state index contributed by atoms with van der Waals surface area (Å²) >= 11 is 6.28. The number of nitrogens with zero attached hydrogens (tertiary/aromatic N) is 3. The molecule has 0 saturated heterocycles. The van der Waals surface area contributed by atoms with E-state index in [0.29, 0.717) is 10.7 Å². The lowest BCUT2D eigenvalue weighted by Gasteiger charge is -2.10. The van der Waals surface area contributed by atoms with Crippen molar-refractivity contribution in [2.24, 2.45) is 0 Å². The van der Waals surface area contributed by atoms with Crippen LogP contribution >= 0.6 is 11.6 Å². The average molecular weight is 316 g/mol. The highest BCUT2D eigenvalue weighted by molar-refractivity contribution is 6.33. The summed E-state index contributed by atoms with van der Waals surface area (Å²) in [5.74, 6) is -0.653. The molecule has 0 atom stereocenters. The van der Waals surface area contributed by atoms with Gasteiger partial charge < -0.3 is 15.0 Å². The van der Waals surface area contributed by atoms with E-state index >= 15 is 0 Å². The second kappa shape index (κ2) is 5.09. The number of hydrogen-bond acceptors (Lipinski definition) is 5. The standard InChI is InChI=1S/C14H10ClN5O2/c1-22-14(21)13-12(17)8(4-16)6-20(13)11-3-10-7(2-9(11)15)5-18-19-10/h2-3,5-6H,17H2,1H3,(H,18,19). The number of rotatable bonds is 2. The second-order valence-corrected chi connectivity index (χ2v) is 4.95. The number of nitriles is 1. The first-order valence-electron chi connectivity index (χ1n) is 6.19. The molecule has 22 heavy (non-hydrogen) atoms. The molecule has 0 radical (unpaired) electrons. The summed E-state index contributed by atoms with van der Waals surface area (Å²) in [6.45, 7) is 0. The van der Waals surface area contributed by atoms with Gasteiger partial charge in [-0.1, -0.05) is 11.6 Å². The van der Waals surface area contributed by atoms with E-state index in [1.165, 1.54) is 17.9 Å². The topological polar surface area (TPSA) is 110 Å². The Kier molecular flexibility index (Phi) is 3.23. The first-order valence-corrected chi connectivity index (χ1v) is 6.56. The first-order chi connectivity index (χ1) is 10.6. The van der Waals surface area contributed by atoms with Crippen LogP contribution in [-0.2, 0) is 4.74 Å². The Bertz CT molecular complexity index is 935. The second-order valence-electron chi connectivity index (χ2n) is 4.54. The van der Waals surface area contributed by atoms with E-state index in [4.69, 9.17) is 27.3 Å². The van der Waals surface area contributed by atoms with Crippen LogP contribution in [0.3, 0.4) is 0 Å². The molecule has 2 heterocycles. The molecule has 2 aromatic heterocycles. The summed E-state index contributed by atoms with van der Waals surface area (Å²) in [5.41, 5.74) is 7.37. The number of carbonyl (C=O) groups excluding carboxylic acids is 1. The van der Waals surface area contributed by atoms with Gasteiger partial charge in [-0.05, 0) is 12.1 Å². The fourth-order valence-electron chi connectivity index (χ4n) is 2.24. The molecule has 0 bridgehead atoms. The minimum absolute atomic E-state index is 0.0510. The monoisotopic (exact) mass is 315 g/mol. The van der Waals surface area contributed by atoms with Crippen molar-refractivity contribution in [2.45, 2.75) is 0 Å². The van der Waals surface area contributed by atoms with Gasteiger partial charge in [0.25, 0.3) is 0 Å². The lowest BCUT2D eigenvalue weighted by Crippen LogP contribution is -2.11. The number of aromatic amines is 1. The van der Waals surface area contributed by atoms with E-state index < -0.39 is 5.97 Å². The van der Waals surface area contributed by atoms with E-state index in [1.54, 1.807) is 18.3 Å². The van der Waals surface area contributed by atoms with Crippen LogP contribution in [0.4, 0.5) is 5.69 Å². The Balaban J connectivity index is 2.32. The molecule has 110 valence electrons. The van der Waals surface area contributed by atoms with Crippen LogP contribution in [0.25, 0.3) is 16.6 Å². The van der Waals surface area contributed by atoms with Crippen LogP contribution in [0.2, 0.25) is 5.02 Å². The number of ether oxygens (including phenoxy) is 1. The largest absolute Gasteiger partial charge is 0.464 e. The van der Waals surface area contributed by atoms with Crippen LogP contribution in [0.5, 0.6) is 0 Å². The zero-order valence-corrected chi connectivity index (χ0v) is 12.2. The number of halogens is 1. The molecule has 0 aliphatic rings. The minimum atomic E-state index is -0.653. The molecular weight excluding hydrogens is 306 g/mol. The third kappa shape index (κ3) is 1.98. The summed E-state index contributed by atoms with van der Waals surface area (Å²) in [7, 11) is 1.24. The predicted molar refractivity (Wildman–Crippen MR) is 80.9 cm³/mol. The summed E-state index contributed by atoms with van der Waals surface area (Å²) in [4.78, 5) is 12.0. The van der Waals surface area contributed by atoms with Crippen molar-refractivity contribution >= 4 is 34.2 Å². The number of esters is 1. The molecule has 0 unspecified atom stereocenters. The number of H-pyrrole nitrogens is 1. The number of carbonyl (C=O) groups is 1. The van der Waals surface area contributed by atoms with Gasteiger partial charge in [-0.25, -0.2) is 4.79 Å². The number of methoxy groups -OCH3 is 1. The summed E-state index contributed by atoms with van der Waals surface area (Å²) < 4.78 is 6.18. The smallest absolute Gasteiger partial charge is 0.357 e. The number of hydrogen-bond donors (Lipinski definition) is 2. The van der Waals surface area contributed by atoms with Crippen molar-refractivity contribution < 1.29 is 9.53 Å². The van der Waals surface area contributed by atoms with Crippen molar-refractivity contribution in [1.82, 2.24) is 14.8 Å². The molecule has 0 fully saturated rings. The molecule has 0 saturated carbocycles. The van der Waals surface area contributed by atoms with Gasteiger partial charge in [-0.15, -0.1) is 0 Å². The minimum Gasteiger partial charge on any atom is -0.464 e. The third-order valence-electron chi connectivity index (χ3n) is 3.31. The Morgan fingerprint density at radius 3 is 3.00 bits per heavy atom. The molecular formula is C14H10ClN5O2. The number of anilines is 1. The maximum atomic E-state index is 12.0. The van der Waals surface area contributed by atoms with Crippen LogP contribution in [-0.4, -0.2) is 27.8 Å². The number of nitrogens with two attached hydrogens (primary N) is 1. The summed E-state index contributed by atoms with van der Waals surface area (Å²) in [6.07, 6.45) is 3.09. The number of nitrogen functional groups attached to an aromatic ring is 1. The van der Waals surface area contributed by atoms with E-state index in [0.717, 1.165) is 10.9 Å². The van der Waals surface area contributed by atoms with Gasteiger partial charge in [0.05, 0.1) is 40.8 Å². The Hall–Kier alpha value is -2.98. The Morgan fingerprint density at radius 1 is 1.55 bits per heavy atom. The van der Waals surface area contributed by atoms with Crippen LogP contribution in [0, 0.1) is 11.3 Å². The first kappa shape index (κ1) is 14.0. The van der Waals surface area contributed by atoms with Gasteiger partial charge in [0, 0.05) is 11.6 Å². The van der Waals surface area contributed by atoms with Crippen molar-refractivity contribution in [1.29, 1.82) is 5.26 Å². The summed E-state index contributed by atoms with van der Waals surface area (Å²) in [5, 5.41) is 17.1. The Labute approximate surface area is 129 Å². The number of benzene rings is 1. The van der Waals surface area contributed by atoms with Crippen molar-refractivity contribution in [3.63, 3.8) is 0 Å². The van der Waals surface area contributed by atoms with Crippen LogP contribution in [0.15, 0.2) is 24.5 Å². The normalized spacial score (nSPS) is 10.6. The molecule has 3 N–H and O–H groups in total. The highest BCUT2D eigenvalue weighted by Crippen LogP contribution is 2.31. The SMILES string of the molecule is COC(=O)c1c(N)c(C#N)cn1-c1cc2[nH]ncc2cc1Cl. The van der Waals surface area contributed by atoms with E-state index in [2.05, 4.69) is 10.2 Å². The fraction of sp³-hybridized carbons (Fsp3) is 0.0714. The van der Waals surface area contributed by atoms with Crippen molar-refractivity contribution in [3.05, 3.63) is 40.8 Å². The predicted octanol–water partition coefficient (Wildman–Crippen LogP) is 2.25. The van der Waals surface area contributed by atoms with Crippen LogP contribution < -0.4 is 5.73 Å². The number of nitrogens with one attached hydrogen (secondary N) is 1. The third-order valence-corrected chi connectivity index (χ3v) is 3.61. The molecule has 1 aromatic carbocycles. The number of fused-ring (bicyclic) bond motifs is 1. The maximum Gasteiger partial charge on any atom is 0.357 e. The molecule has 0 aliphatic carbocycles. The maximum absolute atomic E-state index is 12.0. The molecule has 0 amide bonds. The van der Waals surface area contributed by atoms with E-state index in [-0.39, 0.29) is 16.9 Å². The van der Waals surface area contributed by atoms with Crippen molar-refractivity contribution in [2.75, 3.05) is 12.8 Å². The molecule has 7 nitrogen and oxygen atoms in total. The summed E-state index contributed by atoms with van der Waals surface area (Å²) in [6, 6.07) is 5.37. The lowest BCUT2D eigenvalue weighted by atomic mass is 10.2. The molecule has 8 heteroatoms. The van der Waals surface area contributed by atoms with Gasteiger partial charge >= 0.3 is 5.97 Å². The fourth-order valence-corrected chi connectivity index (χ4v) is 2.50. The zero-order chi connectivity index (χ0) is 15.9. The Morgan fingerprint density at radius 2 is 2.32 bits per heavy atom. The average Bonchev–Trinajstić information content (AvgIpc) is 3.09. The number of aromatic nitrogens is 3. The highest BCUT2D eigenvalue weighted by Gasteiger charge is 2.23. The zero-order valence-electron chi connectivity index (χ0n) is 11.4. The van der Waals surface area contributed by atoms with E-state index in [1.807, 2.05) is 6.07 Å². The van der Waals surface area contributed by atoms with Gasteiger partial charge in [-0.3, -0.25) is 5.10 Å². The molecule has 3 aromatic rings. The quantitative estimate of drug-likeness (QED) is 0.705. The lowest BCUT2D eigenvalue weighted by molar-refractivity contribution is 0.0593.